The third-order valence-electron chi connectivity index (χ3n) is 1.81. The minimum atomic E-state index is -1.23. The average molecular weight is 205 g/mol. The van der Waals surface area contributed by atoms with Gasteiger partial charge in [-0.3, -0.25) is 4.79 Å². The van der Waals surface area contributed by atoms with Gasteiger partial charge in [-0.1, -0.05) is 0 Å². The Balaban J connectivity index is 2.59. The second-order valence-corrected chi connectivity index (χ2v) is 2.87. The van der Waals surface area contributed by atoms with Crippen LogP contribution in [-0.4, -0.2) is 26.0 Å². The number of hydrogen-bond donors (Lipinski definition) is 3. The average Bonchev–Trinajstić information content (AvgIpc) is 2.69. The molecule has 0 saturated heterocycles. The van der Waals surface area contributed by atoms with Crippen molar-refractivity contribution in [3.05, 3.63) is 40.4 Å². The van der Waals surface area contributed by atoms with E-state index in [1.165, 1.54) is 0 Å². The van der Waals surface area contributed by atoms with Crippen LogP contribution in [0.4, 0.5) is 0 Å². The molecule has 0 saturated carbocycles. The predicted octanol–water partition coefficient (Wildman–Crippen LogP) is 0.463. The van der Waals surface area contributed by atoms with Crippen LogP contribution in [-0.2, 0) is 0 Å². The van der Waals surface area contributed by atoms with Crippen molar-refractivity contribution in [2.24, 2.45) is 0 Å². The fourth-order valence-electron chi connectivity index (χ4n) is 1.17. The summed E-state index contributed by atoms with van der Waals surface area (Å²) in [6.07, 6.45) is 1.66. The van der Waals surface area contributed by atoms with Crippen molar-refractivity contribution < 1.29 is 9.90 Å². The molecule has 0 atom stereocenters. The van der Waals surface area contributed by atoms with E-state index in [4.69, 9.17) is 5.11 Å². The van der Waals surface area contributed by atoms with E-state index in [-0.39, 0.29) is 11.5 Å². The van der Waals surface area contributed by atoms with Gasteiger partial charge in [0.2, 0.25) is 0 Å². The number of aromatic carboxylic acids is 1. The molecule has 6 nitrogen and oxygen atoms in total. The van der Waals surface area contributed by atoms with E-state index in [1.54, 1.807) is 18.3 Å². The van der Waals surface area contributed by atoms with Crippen molar-refractivity contribution in [1.29, 1.82) is 0 Å². The highest BCUT2D eigenvalue weighted by Gasteiger charge is 2.09. The lowest BCUT2D eigenvalue weighted by Crippen LogP contribution is -2.13. The molecule has 0 fully saturated rings. The maximum atomic E-state index is 11.1. The molecular formula is C9H7N3O3. The number of carbonyl (C=O) groups is 1. The number of aromatic amines is 2. The molecule has 0 amide bonds. The minimum absolute atomic E-state index is 0.213. The molecule has 76 valence electrons. The Bertz CT molecular complexity index is 542. The maximum absolute atomic E-state index is 11.1. The summed E-state index contributed by atoms with van der Waals surface area (Å²) in [4.78, 5) is 30.8. The Morgan fingerprint density at radius 1 is 1.47 bits per heavy atom. The van der Waals surface area contributed by atoms with Gasteiger partial charge in [0, 0.05) is 12.3 Å². The number of nitrogens with one attached hydrogen (secondary N) is 2. The maximum Gasteiger partial charge on any atom is 0.354 e. The largest absolute Gasteiger partial charge is 0.477 e. The number of H-pyrrole nitrogens is 2. The van der Waals surface area contributed by atoms with Crippen LogP contribution in [0.5, 0.6) is 0 Å². The molecule has 2 heterocycles. The van der Waals surface area contributed by atoms with Crippen LogP contribution in [0.15, 0.2) is 29.2 Å². The lowest BCUT2D eigenvalue weighted by Gasteiger charge is -1.98. The molecule has 0 unspecified atom stereocenters. The van der Waals surface area contributed by atoms with Crippen LogP contribution in [0.3, 0.4) is 0 Å². The Kier molecular flexibility index (Phi) is 2.09. The number of hydrogen-bond acceptors (Lipinski definition) is 3. The van der Waals surface area contributed by atoms with Gasteiger partial charge in [-0.05, 0) is 12.1 Å². The molecule has 0 aliphatic heterocycles. The highest BCUT2D eigenvalue weighted by Crippen LogP contribution is 2.09. The summed E-state index contributed by atoms with van der Waals surface area (Å²) in [5.41, 5.74) is -0.203. The van der Waals surface area contributed by atoms with Crippen molar-refractivity contribution in [2.75, 3.05) is 0 Å². The fourth-order valence-corrected chi connectivity index (χ4v) is 1.17. The first-order valence-electron chi connectivity index (χ1n) is 4.15. The molecule has 6 heteroatoms. The second-order valence-electron chi connectivity index (χ2n) is 2.87. The molecule has 0 bridgehead atoms. The second kappa shape index (κ2) is 3.41. The van der Waals surface area contributed by atoms with Gasteiger partial charge >= 0.3 is 5.97 Å². The number of aromatic nitrogens is 3. The normalized spacial score (nSPS) is 10.1. The van der Waals surface area contributed by atoms with Crippen LogP contribution < -0.4 is 5.56 Å². The zero-order chi connectivity index (χ0) is 10.8. The van der Waals surface area contributed by atoms with E-state index >= 15 is 0 Å². The number of nitrogens with zero attached hydrogens (tertiary/aromatic N) is 1. The summed E-state index contributed by atoms with van der Waals surface area (Å²) in [5, 5.41) is 8.71. The van der Waals surface area contributed by atoms with E-state index < -0.39 is 11.5 Å². The molecule has 0 spiro atoms. The van der Waals surface area contributed by atoms with Gasteiger partial charge in [-0.2, -0.15) is 0 Å². The highest BCUT2D eigenvalue weighted by molar-refractivity contribution is 5.85. The van der Waals surface area contributed by atoms with E-state index in [0.717, 1.165) is 6.07 Å². The van der Waals surface area contributed by atoms with Crippen molar-refractivity contribution in [3.63, 3.8) is 0 Å². The zero-order valence-electron chi connectivity index (χ0n) is 7.52. The van der Waals surface area contributed by atoms with Crippen LogP contribution in [0.1, 0.15) is 10.5 Å². The monoisotopic (exact) mass is 205 g/mol. The molecule has 0 aliphatic rings. The zero-order valence-corrected chi connectivity index (χ0v) is 7.52. The van der Waals surface area contributed by atoms with E-state index in [2.05, 4.69) is 15.0 Å². The third kappa shape index (κ3) is 1.78. The standard InChI is InChI=1S/C9H7N3O3/c13-7-4-6(9(14)15)11-8(12-7)5-2-1-3-10-5/h1-4,10H,(H,14,15)(H,11,12,13). The predicted molar refractivity (Wildman–Crippen MR) is 51.6 cm³/mol. The van der Waals surface area contributed by atoms with Gasteiger partial charge in [0.05, 0.1) is 5.69 Å². The quantitative estimate of drug-likeness (QED) is 0.663. The molecule has 15 heavy (non-hydrogen) atoms. The Labute approximate surface area is 83.6 Å². The van der Waals surface area contributed by atoms with Gasteiger partial charge in [-0.15, -0.1) is 0 Å². The molecule has 0 aromatic carbocycles. The lowest BCUT2D eigenvalue weighted by atomic mass is 10.3. The van der Waals surface area contributed by atoms with Gasteiger partial charge < -0.3 is 15.1 Å². The van der Waals surface area contributed by atoms with Crippen molar-refractivity contribution in [3.8, 4) is 11.5 Å². The molecule has 3 N–H and O–H groups in total. The smallest absolute Gasteiger partial charge is 0.354 e. The fraction of sp³-hybridized carbons (Fsp3) is 0. The number of rotatable bonds is 2. The van der Waals surface area contributed by atoms with Gasteiger partial charge in [-0.25, -0.2) is 9.78 Å². The summed E-state index contributed by atoms with van der Waals surface area (Å²) < 4.78 is 0. The van der Waals surface area contributed by atoms with Crippen LogP contribution in [0, 0.1) is 0 Å². The Morgan fingerprint density at radius 2 is 2.27 bits per heavy atom. The molecule has 2 aromatic heterocycles. The Hall–Kier alpha value is -2.37. The summed E-state index contributed by atoms with van der Waals surface area (Å²) in [6.45, 7) is 0. The molecule has 0 radical (unpaired) electrons. The number of carboxylic acid groups (broad SMARTS) is 1. The summed E-state index contributed by atoms with van der Waals surface area (Å²) in [5.74, 6) is -1.01. The van der Waals surface area contributed by atoms with E-state index in [1.807, 2.05) is 0 Å². The topological polar surface area (TPSA) is 98.8 Å². The molecular weight excluding hydrogens is 198 g/mol. The highest BCUT2D eigenvalue weighted by atomic mass is 16.4. The van der Waals surface area contributed by atoms with Crippen LogP contribution >= 0.6 is 0 Å². The molecule has 0 aliphatic carbocycles. The summed E-state index contributed by atoms with van der Waals surface area (Å²) in [7, 11) is 0. The van der Waals surface area contributed by atoms with E-state index in [9.17, 15) is 9.59 Å². The minimum Gasteiger partial charge on any atom is -0.477 e. The van der Waals surface area contributed by atoms with Crippen molar-refractivity contribution in [1.82, 2.24) is 15.0 Å². The first-order valence-corrected chi connectivity index (χ1v) is 4.15. The van der Waals surface area contributed by atoms with Crippen molar-refractivity contribution in [2.45, 2.75) is 0 Å². The first kappa shape index (κ1) is 9.20. The third-order valence-corrected chi connectivity index (χ3v) is 1.81. The van der Waals surface area contributed by atoms with Crippen LogP contribution in [0.2, 0.25) is 0 Å². The van der Waals surface area contributed by atoms with Gasteiger partial charge in [0.25, 0.3) is 5.56 Å². The molecule has 2 rings (SSSR count). The molecule has 2 aromatic rings. The Morgan fingerprint density at radius 3 is 2.87 bits per heavy atom. The summed E-state index contributed by atoms with van der Waals surface area (Å²) >= 11 is 0. The lowest BCUT2D eigenvalue weighted by molar-refractivity contribution is 0.0690. The summed E-state index contributed by atoms with van der Waals surface area (Å²) in [6, 6.07) is 4.35. The van der Waals surface area contributed by atoms with E-state index in [0.29, 0.717) is 5.69 Å². The number of carboxylic acids is 1. The first-order chi connectivity index (χ1) is 7.16. The van der Waals surface area contributed by atoms with Gasteiger partial charge in [0.1, 0.15) is 0 Å². The SMILES string of the molecule is O=C(O)c1cc(=O)[nH]c(-c2ccc[nH]2)n1. The van der Waals surface area contributed by atoms with Crippen LogP contribution in [0.25, 0.3) is 11.5 Å². The van der Waals surface area contributed by atoms with Gasteiger partial charge in [0.15, 0.2) is 11.5 Å². The van der Waals surface area contributed by atoms with Crippen molar-refractivity contribution >= 4 is 5.97 Å².